The average molecular weight is 509 g/mol. The van der Waals surface area contributed by atoms with Gasteiger partial charge in [-0.15, -0.1) is 0 Å². The Morgan fingerprint density at radius 2 is 0.757 bits per heavy atom. The van der Waals surface area contributed by atoms with E-state index in [4.69, 9.17) is 5.11 Å². The number of aromatic hydroxyl groups is 1. The number of hydrogen-bond acceptors (Lipinski definition) is 1. The second-order valence-electron chi connectivity index (χ2n) is 11.0. The van der Waals surface area contributed by atoms with Gasteiger partial charge in [0.05, 0.1) is 0 Å². The van der Waals surface area contributed by atoms with Crippen LogP contribution in [0.3, 0.4) is 0 Å². The molecule has 0 saturated carbocycles. The highest BCUT2D eigenvalue weighted by molar-refractivity contribution is 5.23. The van der Waals surface area contributed by atoms with E-state index in [-0.39, 0.29) is 0 Å². The number of para-hydroxylation sites is 1. The number of rotatable bonds is 22. The van der Waals surface area contributed by atoms with Crippen molar-refractivity contribution in [2.75, 3.05) is 0 Å². The maximum Gasteiger partial charge on any atom is 0.115 e. The van der Waals surface area contributed by atoms with Crippen LogP contribution in [0.25, 0.3) is 0 Å². The molecule has 0 aromatic heterocycles. The summed E-state index contributed by atoms with van der Waals surface area (Å²) < 4.78 is 0. The number of aryl methyl sites for hydroxylation is 2. The third kappa shape index (κ3) is 22.0. The quantitative estimate of drug-likeness (QED) is 0.157. The molecule has 2 rings (SSSR count). The first-order valence-corrected chi connectivity index (χ1v) is 16.1. The molecule has 0 atom stereocenters. The van der Waals surface area contributed by atoms with Crippen molar-refractivity contribution < 1.29 is 5.11 Å². The van der Waals surface area contributed by atoms with Crippen molar-refractivity contribution in [2.24, 2.45) is 0 Å². The molecule has 0 saturated heterocycles. The summed E-state index contributed by atoms with van der Waals surface area (Å²) in [7, 11) is 0. The Bertz CT molecular complexity index is 668. The molecule has 37 heavy (non-hydrogen) atoms. The minimum atomic E-state index is 0.322. The van der Waals surface area contributed by atoms with Crippen LogP contribution in [0.15, 0.2) is 54.6 Å². The van der Waals surface area contributed by atoms with Crippen LogP contribution in [0.1, 0.15) is 153 Å². The fourth-order valence-electron chi connectivity index (χ4n) is 5.00. The number of unbranched alkanes of at least 4 members (excludes halogenated alkanes) is 18. The van der Waals surface area contributed by atoms with Crippen molar-refractivity contribution in [3.63, 3.8) is 0 Å². The second-order valence-corrected chi connectivity index (χ2v) is 11.0. The molecule has 0 amide bonds. The van der Waals surface area contributed by atoms with Gasteiger partial charge in [0.25, 0.3) is 0 Å². The molecule has 1 heteroatoms. The Hall–Kier alpha value is -1.76. The summed E-state index contributed by atoms with van der Waals surface area (Å²) in [6.45, 7) is 4.60. The first-order chi connectivity index (χ1) is 18.3. The molecule has 0 bridgehead atoms. The standard InChI is InChI=1S/C30H54.C6H6O/c1-3-5-7-9-11-13-15-17-19-21-24-29-26-23-27-30(28-29)25-22-20-18-16-14-12-10-8-6-4-2;7-6-4-2-1-3-5-6/h23,26-28H,3-22,24-25H2,1-2H3;1-5,7H. The van der Waals surface area contributed by atoms with Gasteiger partial charge in [0, 0.05) is 0 Å². The van der Waals surface area contributed by atoms with Gasteiger partial charge in [-0.05, 0) is 48.9 Å². The van der Waals surface area contributed by atoms with Crippen LogP contribution < -0.4 is 0 Å². The van der Waals surface area contributed by atoms with Crippen LogP contribution in [-0.4, -0.2) is 5.11 Å². The molecule has 0 fully saturated rings. The smallest absolute Gasteiger partial charge is 0.115 e. The van der Waals surface area contributed by atoms with Gasteiger partial charge in [0.2, 0.25) is 0 Å². The maximum absolute atomic E-state index is 8.63. The monoisotopic (exact) mass is 508 g/mol. The van der Waals surface area contributed by atoms with E-state index in [1.54, 1.807) is 35.4 Å². The molecule has 2 aromatic rings. The SMILES string of the molecule is CCCCCCCCCCCCc1cccc(CCCCCCCCCCCC)c1.Oc1ccccc1. The number of hydrogen-bond donors (Lipinski definition) is 1. The molecule has 0 aliphatic rings. The molecule has 0 unspecified atom stereocenters. The van der Waals surface area contributed by atoms with Crippen LogP contribution in [-0.2, 0) is 12.8 Å². The van der Waals surface area contributed by atoms with E-state index in [1.165, 1.54) is 141 Å². The van der Waals surface area contributed by atoms with Crippen LogP contribution in [0.4, 0.5) is 0 Å². The van der Waals surface area contributed by atoms with Gasteiger partial charge < -0.3 is 5.11 Å². The van der Waals surface area contributed by atoms with E-state index in [0.717, 1.165) is 0 Å². The average Bonchev–Trinajstić information content (AvgIpc) is 2.92. The molecule has 1 N–H and O–H groups in total. The molecule has 0 spiro atoms. The van der Waals surface area contributed by atoms with Crippen molar-refractivity contribution in [3.8, 4) is 5.75 Å². The molecular formula is C36H60O. The molecule has 0 heterocycles. The van der Waals surface area contributed by atoms with Gasteiger partial charge in [-0.2, -0.15) is 0 Å². The summed E-state index contributed by atoms with van der Waals surface area (Å²) in [6, 6.07) is 18.2. The van der Waals surface area contributed by atoms with Gasteiger partial charge >= 0.3 is 0 Å². The zero-order valence-corrected chi connectivity index (χ0v) is 24.7. The zero-order valence-electron chi connectivity index (χ0n) is 24.7. The summed E-state index contributed by atoms with van der Waals surface area (Å²) in [4.78, 5) is 0. The van der Waals surface area contributed by atoms with Crippen LogP contribution in [0.5, 0.6) is 5.75 Å². The lowest BCUT2D eigenvalue weighted by Gasteiger charge is -2.07. The van der Waals surface area contributed by atoms with E-state index in [1.807, 2.05) is 6.07 Å². The Balaban J connectivity index is 0.000000836. The number of benzene rings is 2. The molecule has 1 nitrogen and oxygen atoms in total. The highest BCUT2D eigenvalue weighted by Crippen LogP contribution is 2.16. The van der Waals surface area contributed by atoms with Crippen molar-refractivity contribution in [2.45, 2.75) is 155 Å². The summed E-state index contributed by atoms with van der Waals surface area (Å²) in [6.07, 6.45) is 31.1. The third-order valence-electron chi connectivity index (χ3n) is 7.39. The Kier molecular flexibility index (Phi) is 23.3. The van der Waals surface area contributed by atoms with Gasteiger partial charge in [-0.3, -0.25) is 0 Å². The maximum atomic E-state index is 8.63. The minimum Gasteiger partial charge on any atom is -0.508 e. The van der Waals surface area contributed by atoms with E-state index in [9.17, 15) is 0 Å². The first kappa shape index (κ1) is 33.3. The molecule has 0 radical (unpaired) electrons. The number of phenols is 1. The lowest BCUT2D eigenvalue weighted by Crippen LogP contribution is -1.91. The molecule has 0 aliphatic carbocycles. The topological polar surface area (TPSA) is 20.2 Å². The van der Waals surface area contributed by atoms with Crippen LogP contribution in [0.2, 0.25) is 0 Å². The molecule has 210 valence electrons. The molecular weight excluding hydrogens is 448 g/mol. The lowest BCUT2D eigenvalue weighted by molar-refractivity contribution is 0.475. The Morgan fingerprint density at radius 3 is 1.08 bits per heavy atom. The zero-order chi connectivity index (χ0) is 26.7. The predicted octanol–water partition coefficient (Wildman–Crippen LogP) is 12.0. The fourth-order valence-corrected chi connectivity index (χ4v) is 5.00. The highest BCUT2D eigenvalue weighted by atomic mass is 16.3. The Morgan fingerprint density at radius 1 is 0.405 bits per heavy atom. The minimum absolute atomic E-state index is 0.322. The van der Waals surface area contributed by atoms with E-state index in [0.29, 0.717) is 5.75 Å². The summed E-state index contributed by atoms with van der Waals surface area (Å²) in [5.41, 5.74) is 3.14. The summed E-state index contributed by atoms with van der Waals surface area (Å²) >= 11 is 0. The van der Waals surface area contributed by atoms with Crippen molar-refractivity contribution in [1.82, 2.24) is 0 Å². The van der Waals surface area contributed by atoms with Gasteiger partial charge in [-0.1, -0.05) is 172 Å². The summed E-state index contributed by atoms with van der Waals surface area (Å²) in [5, 5.41) is 8.63. The second kappa shape index (κ2) is 25.9. The number of phenolic OH excluding ortho intramolecular Hbond substituents is 1. The molecule has 2 aromatic carbocycles. The predicted molar refractivity (Wildman–Crippen MR) is 166 cm³/mol. The van der Waals surface area contributed by atoms with Gasteiger partial charge in [-0.25, -0.2) is 0 Å². The van der Waals surface area contributed by atoms with Crippen LogP contribution in [0, 0.1) is 0 Å². The summed E-state index contributed by atoms with van der Waals surface area (Å²) in [5.74, 6) is 0.322. The van der Waals surface area contributed by atoms with Crippen molar-refractivity contribution in [1.29, 1.82) is 0 Å². The van der Waals surface area contributed by atoms with Crippen molar-refractivity contribution >= 4 is 0 Å². The third-order valence-corrected chi connectivity index (χ3v) is 7.39. The van der Waals surface area contributed by atoms with Crippen LogP contribution >= 0.6 is 0 Å². The Labute approximate surface area is 231 Å². The fraction of sp³-hybridized carbons (Fsp3) is 0.667. The lowest BCUT2D eigenvalue weighted by atomic mass is 9.99. The van der Waals surface area contributed by atoms with Crippen molar-refractivity contribution in [3.05, 3.63) is 65.7 Å². The van der Waals surface area contributed by atoms with E-state index >= 15 is 0 Å². The molecule has 0 aliphatic heterocycles. The highest BCUT2D eigenvalue weighted by Gasteiger charge is 1.99. The first-order valence-electron chi connectivity index (χ1n) is 16.1. The van der Waals surface area contributed by atoms with E-state index < -0.39 is 0 Å². The van der Waals surface area contributed by atoms with Gasteiger partial charge in [0.1, 0.15) is 5.75 Å². The largest absolute Gasteiger partial charge is 0.508 e. The van der Waals surface area contributed by atoms with E-state index in [2.05, 4.69) is 38.1 Å². The van der Waals surface area contributed by atoms with Gasteiger partial charge in [0.15, 0.2) is 0 Å². The normalized spacial score (nSPS) is 10.8.